The van der Waals surface area contributed by atoms with Crippen LogP contribution >= 0.6 is 0 Å². The van der Waals surface area contributed by atoms with Crippen molar-refractivity contribution < 1.29 is 9.90 Å². The molecule has 3 nitrogen and oxygen atoms in total. The fourth-order valence-electron chi connectivity index (χ4n) is 3.74. The second-order valence-corrected chi connectivity index (χ2v) is 6.64. The van der Waals surface area contributed by atoms with Crippen molar-refractivity contribution in [2.24, 2.45) is 5.92 Å². The van der Waals surface area contributed by atoms with Gasteiger partial charge in [-0.05, 0) is 53.6 Å². The van der Waals surface area contributed by atoms with Gasteiger partial charge in [0.2, 0.25) is 5.91 Å². The highest BCUT2D eigenvalue weighted by molar-refractivity contribution is 5.96. The molecular formula is C20H21NO2. The van der Waals surface area contributed by atoms with Crippen LogP contribution in [0.3, 0.4) is 0 Å². The molecule has 1 atom stereocenters. The molecule has 0 bridgehead atoms. The molecule has 1 saturated heterocycles. The Hall–Kier alpha value is -2.13. The number of aliphatic hydroxyl groups excluding tert-OH is 1. The van der Waals surface area contributed by atoms with E-state index in [1.165, 1.54) is 41.5 Å². The summed E-state index contributed by atoms with van der Waals surface area (Å²) in [7, 11) is 0. The number of anilines is 1. The van der Waals surface area contributed by atoms with Gasteiger partial charge in [-0.25, -0.2) is 0 Å². The summed E-state index contributed by atoms with van der Waals surface area (Å²) < 4.78 is 0. The molecule has 2 aliphatic rings. The van der Waals surface area contributed by atoms with E-state index in [4.69, 9.17) is 0 Å². The van der Waals surface area contributed by atoms with Crippen molar-refractivity contribution in [2.75, 3.05) is 18.1 Å². The lowest BCUT2D eigenvalue weighted by Gasteiger charge is -2.17. The Balaban J connectivity index is 1.58. The molecule has 23 heavy (non-hydrogen) atoms. The SMILES string of the molecule is O=C1CC(CO)CN1c1ccc(-c2ccc3c(c2)CCC3)cc1. The smallest absolute Gasteiger partial charge is 0.227 e. The molecule has 1 aliphatic carbocycles. The van der Waals surface area contributed by atoms with Crippen molar-refractivity contribution in [3.63, 3.8) is 0 Å². The zero-order valence-corrected chi connectivity index (χ0v) is 13.2. The van der Waals surface area contributed by atoms with E-state index in [1.54, 1.807) is 4.90 Å². The maximum absolute atomic E-state index is 12.0. The molecule has 0 aromatic heterocycles. The highest BCUT2D eigenvalue weighted by Gasteiger charge is 2.29. The Labute approximate surface area is 136 Å². The monoisotopic (exact) mass is 307 g/mol. The summed E-state index contributed by atoms with van der Waals surface area (Å²) in [6.07, 6.45) is 4.10. The predicted molar refractivity (Wildman–Crippen MR) is 91.4 cm³/mol. The molecule has 0 spiro atoms. The maximum atomic E-state index is 12.0. The van der Waals surface area contributed by atoms with Crippen molar-refractivity contribution in [1.82, 2.24) is 0 Å². The molecule has 1 unspecified atom stereocenters. The lowest BCUT2D eigenvalue weighted by molar-refractivity contribution is -0.117. The molecule has 1 amide bonds. The highest BCUT2D eigenvalue weighted by atomic mass is 16.3. The van der Waals surface area contributed by atoms with Crippen molar-refractivity contribution in [3.8, 4) is 11.1 Å². The van der Waals surface area contributed by atoms with Gasteiger partial charge in [0.15, 0.2) is 0 Å². The van der Waals surface area contributed by atoms with Gasteiger partial charge in [0, 0.05) is 31.2 Å². The van der Waals surface area contributed by atoms with Gasteiger partial charge >= 0.3 is 0 Å². The Bertz CT molecular complexity index is 736. The van der Waals surface area contributed by atoms with Gasteiger partial charge in [-0.1, -0.05) is 30.3 Å². The number of carbonyl (C=O) groups is 1. The number of carbonyl (C=O) groups excluding carboxylic acids is 1. The fourth-order valence-corrected chi connectivity index (χ4v) is 3.74. The van der Waals surface area contributed by atoms with Crippen LogP contribution in [-0.2, 0) is 17.6 Å². The summed E-state index contributed by atoms with van der Waals surface area (Å²) in [5.41, 5.74) is 6.33. The molecule has 1 N–H and O–H groups in total. The van der Waals surface area contributed by atoms with Crippen LogP contribution < -0.4 is 4.90 Å². The van der Waals surface area contributed by atoms with Crippen molar-refractivity contribution in [2.45, 2.75) is 25.7 Å². The summed E-state index contributed by atoms with van der Waals surface area (Å²) in [5.74, 6) is 0.174. The van der Waals surface area contributed by atoms with Crippen LogP contribution in [0.1, 0.15) is 24.0 Å². The van der Waals surface area contributed by atoms with Crippen LogP contribution in [0.15, 0.2) is 42.5 Å². The normalized spacial score (nSPS) is 20.1. The van der Waals surface area contributed by atoms with Gasteiger partial charge in [-0.2, -0.15) is 0 Å². The van der Waals surface area contributed by atoms with Gasteiger partial charge in [0.1, 0.15) is 0 Å². The van der Waals surface area contributed by atoms with E-state index in [-0.39, 0.29) is 18.4 Å². The van der Waals surface area contributed by atoms with Gasteiger partial charge in [0.05, 0.1) is 0 Å². The van der Waals surface area contributed by atoms with Crippen LogP contribution in [0, 0.1) is 5.92 Å². The van der Waals surface area contributed by atoms with Gasteiger partial charge in [-0.3, -0.25) is 4.79 Å². The van der Waals surface area contributed by atoms with Gasteiger partial charge in [0.25, 0.3) is 0 Å². The average molecular weight is 307 g/mol. The first kappa shape index (κ1) is 14.5. The van der Waals surface area contributed by atoms with Crippen molar-refractivity contribution >= 4 is 11.6 Å². The summed E-state index contributed by atoms with van der Waals surface area (Å²) in [5, 5.41) is 9.24. The zero-order chi connectivity index (χ0) is 15.8. The number of nitrogens with zero attached hydrogens (tertiary/aromatic N) is 1. The van der Waals surface area contributed by atoms with Gasteiger partial charge in [-0.15, -0.1) is 0 Å². The molecule has 1 fully saturated rings. The molecule has 1 heterocycles. The number of hydrogen-bond acceptors (Lipinski definition) is 2. The Morgan fingerprint density at radius 3 is 2.48 bits per heavy atom. The average Bonchev–Trinajstić information content (AvgIpc) is 3.20. The molecule has 2 aromatic rings. The molecule has 1 aliphatic heterocycles. The van der Waals surface area contributed by atoms with Crippen LogP contribution in [0.4, 0.5) is 5.69 Å². The molecule has 2 aromatic carbocycles. The van der Waals surface area contributed by atoms with E-state index in [0.717, 1.165) is 5.69 Å². The number of aliphatic hydroxyl groups is 1. The number of amides is 1. The third-order valence-electron chi connectivity index (χ3n) is 5.07. The molecule has 0 radical (unpaired) electrons. The number of rotatable bonds is 3. The summed E-state index contributed by atoms with van der Waals surface area (Å²) in [4.78, 5) is 13.8. The second-order valence-electron chi connectivity index (χ2n) is 6.64. The quantitative estimate of drug-likeness (QED) is 0.946. The third kappa shape index (κ3) is 2.66. The largest absolute Gasteiger partial charge is 0.396 e. The minimum Gasteiger partial charge on any atom is -0.396 e. The lowest BCUT2D eigenvalue weighted by Crippen LogP contribution is -2.24. The molecule has 3 heteroatoms. The van der Waals surface area contributed by atoms with E-state index in [1.807, 2.05) is 12.1 Å². The van der Waals surface area contributed by atoms with E-state index < -0.39 is 0 Å². The fraction of sp³-hybridized carbons (Fsp3) is 0.350. The van der Waals surface area contributed by atoms with E-state index in [9.17, 15) is 9.90 Å². The number of aryl methyl sites for hydroxylation is 2. The first-order valence-electron chi connectivity index (χ1n) is 8.38. The summed E-state index contributed by atoms with van der Waals surface area (Å²) >= 11 is 0. The second kappa shape index (κ2) is 5.82. The first-order chi connectivity index (χ1) is 11.2. The van der Waals surface area contributed by atoms with E-state index >= 15 is 0 Å². The van der Waals surface area contributed by atoms with Crippen molar-refractivity contribution in [3.05, 3.63) is 53.6 Å². The Kier molecular flexibility index (Phi) is 3.66. The molecular weight excluding hydrogens is 286 g/mol. The predicted octanol–water partition coefficient (Wildman–Crippen LogP) is 3.19. The van der Waals surface area contributed by atoms with Crippen LogP contribution in [-0.4, -0.2) is 24.2 Å². The third-order valence-corrected chi connectivity index (χ3v) is 5.07. The number of benzene rings is 2. The highest BCUT2D eigenvalue weighted by Crippen LogP contribution is 2.30. The first-order valence-corrected chi connectivity index (χ1v) is 8.38. The molecule has 4 rings (SSSR count). The van der Waals surface area contributed by atoms with E-state index in [0.29, 0.717) is 13.0 Å². The standard InChI is InChI=1S/C20H21NO2/c22-13-14-10-20(23)21(12-14)19-8-6-16(7-9-19)18-5-4-15-2-1-3-17(15)11-18/h4-9,11,14,22H,1-3,10,12-13H2. The number of fused-ring (bicyclic) bond motifs is 1. The van der Waals surface area contributed by atoms with Gasteiger partial charge < -0.3 is 10.0 Å². The summed E-state index contributed by atoms with van der Waals surface area (Å²) in [6, 6.07) is 15.0. The van der Waals surface area contributed by atoms with Crippen LogP contribution in [0.5, 0.6) is 0 Å². The Morgan fingerprint density at radius 2 is 1.74 bits per heavy atom. The van der Waals surface area contributed by atoms with Crippen LogP contribution in [0.2, 0.25) is 0 Å². The summed E-state index contributed by atoms with van der Waals surface area (Å²) in [6.45, 7) is 0.697. The zero-order valence-electron chi connectivity index (χ0n) is 13.2. The van der Waals surface area contributed by atoms with Crippen molar-refractivity contribution in [1.29, 1.82) is 0 Å². The topological polar surface area (TPSA) is 40.5 Å². The maximum Gasteiger partial charge on any atom is 0.227 e. The Morgan fingerprint density at radius 1 is 1.00 bits per heavy atom. The van der Waals surface area contributed by atoms with Crippen LogP contribution in [0.25, 0.3) is 11.1 Å². The molecule has 118 valence electrons. The minimum absolute atomic E-state index is 0.0684. The molecule has 0 saturated carbocycles. The lowest BCUT2D eigenvalue weighted by atomic mass is 10.0. The minimum atomic E-state index is 0.0684. The van der Waals surface area contributed by atoms with E-state index in [2.05, 4.69) is 30.3 Å². The number of hydrogen-bond donors (Lipinski definition) is 1.